The van der Waals surface area contributed by atoms with Crippen LogP contribution in [0.5, 0.6) is 5.75 Å². The van der Waals surface area contributed by atoms with Gasteiger partial charge in [-0.3, -0.25) is 0 Å². The number of thiazole rings is 1. The topological polar surface area (TPSA) is 48.1 Å². The summed E-state index contributed by atoms with van der Waals surface area (Å²) in [4.78, 5) is 4.08. The van der Waals surface area contributed by atoms with Crippen molar-refractivity contribution in [3.05, 3.63) is 40.4 Å². The lowest BCUT2D eigenvalue weighted by atomic mass is 10.3. The molecule has 1 aromatic heterocycles. The van der Waals surface area contributed by atoms with E-state index < -0.39 is 0 Å². The van der Waals surface area contributed by atoms with E-state index in [9.17, 15) is 0 Å². The molecule has 0 radical (unpaired) electrons. The van der Waals surface area contributed by atoms with Crippen molar-refractivity contribution in [2.24, 2.45) is 0 Å². The zero-order valence-corrected chi connectivity index (χ0v) is 9.39. The lowest BCUT2D eigenvalue weighted by molar-refractivity contribution is 0.302. The van der Waals surface area contributed by atoms with Crippen LogP contribution in [0, 0.1) is 0 Å². The van der Waals surface area contributed by atoms with Crippen molar-refractivity contribution in [3.63, 3.8) is 0 Å². The number of nitrogen functional groups attached to an aromatic ring is 1. The van der Waals surface area contributed by atoms with Gasteiger partial charge in [-0.1, -0.05) is 23.7 Å². The predicted octanol–water partition coefficient (Wildman–Crippen LogP) is 2.96. The smallest absolute Gasteiger partial charge is 0.180 e. The largest absolute Gasteiger partial charge is 0.486 e. The number of nitrogens with two attached hydrogens (primary N) is 1. The van der Waals surface area contributed by atoms with Crippen LogP contribution in [0.25, 0.3) is 0 Å². The van der Waals surface area contributed by atoms with Gasteiger partial charge in [0.25, 0.3) is 0 Å². The average Bonchev–Trinajstić information content (AvgIpc) is 2.63. The van der Waals surface area contributed by atoms with Crippen LogP contribution in [0.15, 0.2) is 29.6 Å². The molecule has 0 atom stereocenters. The van der Waals surface area contributed by atoms with Gasteiger partial charge in [-0.15, -0.1) is 11.3 Å². The van der Waals surface area contributed by atoms with Gasteiger partial charge >= 0.3 is 0 Å². The van der Waals surface area contributed by atoms with Gasteiger partial charge in [-0.25, -0.2) is 4.98 Å². The van der Waals surface area contributed by atoms with Crippen LogP contribution in [0.3, 0.4) is 0 Å². The third-order valence-corrected chi connectivity index (χ3v) is 2.82. The highest BCUT2D eigenvalue weighted by molar-refractivity contribution is 7.13. The number of halogens is 1. The van der Waals surface area contributed by atoms with E-state index in [0.29, 0.717) is 22.5 Å². The minimum atomic E-state index is 0.386. The summed E-state index contributed by atoms with van der Waals surface area (Å²) in [5.41, 5.74) is 6.32. The summed E-state index contributed by atoms with van der Waals surface area (Å²) in [5, 5.41) is 3.01. The number of aromatic nitrogens is 1. The molecule has 0 fully saturated rings. The van der Waals surface area contributed by atoms with E-state index >= 15 is 0 Å². The molecule has 78 valence electrons. The van der Waals surface area contributed by atoms with Gasteiger partial charge in [0.15, 0.2) is 5.13 Å². The van der Waals surface area contributed by atoms with Crippen LogP contribution in [0.1, 0.15) is 5.69 Å². The molecule has 1 heterocycles. The Labute approximate surface area is 96.5 Å². The molecular weight excluding hydrogens is 232 g/mol. The van der Waals surface area contributed by atoms with Crippen LogP contribution in [-0.4, -0.2) is 4.98 Å². The molecule has 0 aliphatic rings. The summed E-state index contributed by atoms with van der Waals surface area (Å²) >= 11 is 7.33. The Hall–Kier alpha value is -1.26. The maximum absolute atomic E-state index is 5.93. The van der Waals surface area contributed by atoms with Gasteiger partial charge < -0.3 is 10.5 Å². The maximum Gasteiger partial charge on any atom is 0.180 e. The van der Waals surface area contributed by atoms with Gasteiger partial charge in [0.2, 0.25) is 0 Å². The summed E-state index contributed by atoms with van der Waals surface area (Å²) in [7, 11) is 0. The highest BCUT2D eigenvalue weighted by atomic mass is 35.5. The zero-order chi connectivity index (χ0) is 10.7. The molecule has 15 heavy (non-hydrogen) atoms. The minimum Gasteiger partial charge on any atom is -0.486 e. The molecule has 0 saturated heterocycles. The number of ether oxygens (including phenoxy) is 1. The number of hydrogen-bond acceptors (Lipinski definition) is 4. The second-order valence-corrected chi connectivity index (χ2v) is 4.19. The van der Waals surface area contributed by atoms with E-state index in [0.717, 1.165) is 5.69 Å². The molecule has 0 aliphatic heterocycles. The molecule has 1 aromatic carbocycles. The molecule has 0 aliphatic carbocycles. The normalized spacial score (nSPS) is 10.2. The van der Waals surface area contributed by atoms with Gasteiger partial charge in [0.05, 0.1) is 10.7 Å². The Balaban J connectivity index is 2.02. The third-order valence-electron chi connectivity index (χ3n) is 1.78. The summed E-state index contributed by atoms with van der Waals surface area (Å²) < 4.78 is 5.49. The highest BCUT2D eigenvalue weighted by Crippen LogP contribution is 2.24. The fourth-order valence-corrected chi connectivity index (χ4v) is 1.84. The standard InChI is InChI=1S/C10H9ClN2OS/c11-8-3-1-2-4-9(8)14-5-7-6-15-10(12)13-7/h1-4,6H,5H2,(H2,12,13). The molecule has 0 spiro atoms. The van der Waals surface area contributed by atoms with Gasteiger partial charge in [-0.05, 0) is 12.1 Å². The van der Waals surface area contributed by atoms with Crippen molar-refractivity contribution >= 4 is 28.1 Å². The monoisotopic (exact) mass is 240 g/mol. The summed E-state index contributed by atoms with van der Waals surface area (Å²) in [6.45, 7) is 0.386. The first-order valence-electron chi connectivity index (χ1n) is 4.33. The van der Waals surface area contributed by atoms with Crippen LogP contribution in [0.2, 0.25) is 5.02 Å². The summed E-state index contributed by atoms with van der Waals surface area (Å²) in [5.74, 6) is 0.658. The zero-order valence-electron chi connectivity index (χ0n) is 7.81. The van der Waals surface area contributed by atoms with Crippen molar-refractivity contribution in [1.82, 2.24) is 4.98 Å². The molecule has 2 aromatic rings. The molecule has 2 N–H and O–H groups in total. The first kappa shape index (κ1) is 10.3. The van der Waals surface area contributed by atoms with Crippen molar-refractivity contribution < 1.29 is 4.74 Å². The Morgan fingerprint density at radius 3 is 2.87 bits per heavy atom. The number of rotatable bonds is 3. The number of nitrogens with zero attached hydrogens (tertiary/aromatic N) is 1. The van der Waals surface area contributed by atoms with Crippen LogP contribution >= 0.6 is 22.9 Å². The summed E-state index contributed by atoms with van der Waals surface area (Å²) in [6, 6.07) is 7.33. The fraction of sp³-hybridized carbons (Fsp3) is 0.100. The molecule has 3 nitrogen and oxygen atoms in total. The number of benzene rings is 1. The van der Waals surface area contributed by atoms with Crippen LogP contribution in [0.4, 0.5) is 5.13 Å². The second-order valence-electron chi connectivity index (χ2n) is 2.90. The van der Waals surface area contributed by atoms with Crippen molar-refractivity contribution in [3.8, 4) is 5.75 Å². The van der Waals surface area contributed by atoms with E-state index in [2.05, 4.69) is 4.98 Å². The maximum atomic E-state index is 5.93. The van der Waals surface area contributed by atoms with E-state index in [1.807, 2.05) is 23.6 Å². The van der Waals surface area contributed by atoms with Gasteiger partial charge in [0, 0.05) is 5.38 Å². The molecule has 0 unspecified atom stereocenters. The molecule has 5 heteroatoms. The van der Waals surface area contributed by atoms with E-state index in [4.69, 9.17) is 22.1 Å². The Morgan fingerprint density at radius 2 is 2.20 bits per heavy atom. The van der Waals surface area contributed by atoms with Gasteiger partial charge in [-0.2, -0.15) is 0 Å². The first-order valence-corrected chi connectivity index (χ1v) is 5.58. The second kappa shape index (κ2) is 4.51. The quantitative estimate of drug-likeness (QED) is 0.897. The predicted molar refractivity (Wildman–Crippen MR) is 62.3 cm³/mol. The van der Waals surface area contributed by atoms with Crippen LogP contribution in [-0.2, 0) is 6.61 Å². The minimum absolute atomic E-state index is 0.386. The Kier molecular flexibility index (Phi) is 3.08. The lowest BCUT2D eigenvalue weighted by Crippen LogP contribution is -1.96. The number of hydrogen-bond donors (Lipinski definition) is 1. The molecule has 0 bridgehead atoms. The first-order chi connectivity index (χ1) is 7.25. The third kappa shape index (κ3) is 2.61. The van der Waals surface area contributed by atoms with Gasteiger partial charge in [0.1, 0.15) is 12.4 Å². The number of anilines is 1. The van der Waals surface area contributed by atoms with Crippen molar-refractivity contribution in [2.45, 2.75) is 6.61 Å². The van der Waals surface area contributed by atoms with E-state index in [1.165, 1.54) is 11.3 Å². The fourth-order valence-electron chi connectivity index (χ4n) is 1.10. The summed E-state index contributed by atoms with van der Waals surface area (Å²) in [6.07, 6.45) is 0. The Morgan fingerprint density at radius 1 is 1.40 bits per heavy atom. The van der Waals surface area contributed by atoms with Crippen molar-refractivity contribution in [2.75, 3.05) is 5.73 Å². The Bertz CT molecular complexity index is 458. The lowest BCUT2D eigenvalue weighted by Gasteiger charge is -2.05. The molecule has 0 saturated carbocycles. The highest BCUT2D eigenvalue weighted by Gasteiger charge is 2.02. The van der Waals surface area contributed by atoms with E-state index in [1.54, 1.807) is 6.07 Å². The SMILES string of the molecule is Nc1nc(COc2ccccc2Cl)cs1. The molecule has 0 amide bonds. The molecule has 2 rings (SSSR count). The van der Waals surface area contributed by atoms with Crippen LogP contribution < -0.4 is 10.5 Å². The number of para-hydroxylation sites is 1. The molecular formula is C10H9ClN2OS. The average molecular weight is 241 g/mol. The van der Waals surface area contributed by atoms with Crippen molar-refractivity contribution in [1.29, 1.82) is 0 Å². The van der Waals surface area contributed by atoms with E-state index in [-0.39, 0.29) is 0 Å².